The highest BCUT2D eigenvalue weighted by atomic mass is 32.2. The van der Waals surface area contributed by atoms with Gasteiger partial charge in [-0.3, -0.25) is 4.79 Å². The minimum atomic E-state index is -3.95. The molecule has 2 N–H and O–H groups in total. The Hall–Kier alpha value is -2.36. The zero-order chi connectivity index (χ0) is 19.3. The highest BCUT2D eigenvalue weighted by molar-refractivity contribution is 7.89. The Morgan fingerprint density at radius 3 is 2.46 bits per heavy atom. The predicted octanol–water partition coefficient (Wildman–Crippen LogP) is 2.53. The maximum absolute atomic E-state index is 14.2. The molecule has 0 fully saturated rings. The van der Waals surface area contributed by atoms with E-state index in [-0.39, 0.29) is 22.8 Å². The highest BCUT2D eigenvalue weighted by Crippen LogP contribution is 2.20. The number of methoxy groups -OCH3 is 1. The van der Waals surface area contributed by atoms with Crippen LogP contribution in [0.1, 0.15) is 17.3 Å². The predicted molar refractivity (Wildman–Crippen MR) is 92.4 cm³/mol. The van der Waals surface area contributed by atoms with Gasteiger partial charge in [-0.05, 0) is 37.3 Å². The molecule has 0 aliphatic carbocycles. The molecular formula is C17H18F2N2O4S. The summed E-state index contributed by atoms with van der Waals surface area (Å²) in [5, 5.41) is 2.22. The number of hydrogen-bond donors (Lipinski definition) is 2. The lowest BCUT2D eigenvalue weighted by Crippen LogP contribution is -2.35. The lowest BCUT2D eigenvalue weighted by atomic mass is 10.2. The molecule has 2 aromatic carbocycles. The van der Waals surface area contributed by atoms with E-state index >= 15 is 0 Å². The number of hydrogen-bond acceptors (Lipinski definition) is 4. The Morgan fingerprint density at radius 2 is 1.85 bits per heavy atom. The molecule has 0 spiro atoms. The Bertz CT molecular complexity index is 903. The molecule has 6 nitrogen and oxygen atoms in total. The lowest BCUT2D eigenvalue weighted by molar-refractivity contribution is 0.102. The minimum absolute atomic E-state index is 0.151. The number of anilines is 1. The molecule has 0 aliphatic rings. The van der Waals surface area contributed by atoms with E-state index in [0.29, 0.717) is 0 Å². The normalized spacial score (nSPS) is 12.6. The van der Waals surface area contributed by atoms with Gasteiger partial charge in [0.2, 0.25) is 10.0 Å². The zero-order valence-corrected chi connectivity index (χ0v) is 14.9. The lowest BCUT2D eigenvalue weighted by Gasteiger charge is -2.14. The Kier molecular flexibility index (Phi) is 6.41. The van der Waals surface area contributed by atoms with Crippen molar-refractivity contribution < 1.29 is 26.7 Å². The molecule has 0 heterocycles. The molecule has 0 radical (unpaired) electrons. The number of halogens is 2. The maximum atomic E-state index is 14.2. The van der Waals surface area contributed by atoms with Gasteiger partial charge in [-0.15, -0.1) is 0 Å². The van der Waals surface area contributed by atoms with E-state index in [1.165, 1.54) is 25.3 Å². The number of ether oxygens (including phenoxy) is 1. The van der Waals surface area contributed by atoms with Gasteiger partial charge in [-0.25, -0.2) is 21.9 Å². The molecule has 2 aromatic rings. The molecule has 1 atom stereocenters. The Morgan fingerprint density at radius 1 is 1.15 bits per heavy atom. The fraction of sp³-hybridized carbons (Fsp3) is 0.235. The number of sulfonamides is 1. The van der Waals surface area contributed by atoms with Gasteiger partial charge in [0.15, 0.2) is 0 Å². The summed E-state index contributed by atoms with van der Waals surface area (Å²) in [5.74, 6) is -2.55. The van der Waals surface area contributed by atoms with E-state index in [2.05, 4.69) is 10.0 Å². The first-order valence-corrected chi connectivity index (χ1v) is 9.09. The van der Waals surface area contributed by atoms with Crippen LogP contribution in [0.2, 0.25) is 0 Å². The van der Waals surface area contributed by atoms with Crippen LogP contribution in [0.5, 0.6) is 0 Å². The van der Waals surface area contributed by atoms with Gasteiger partial charge >= 0.3 is 0 Å². The number of rotatable bonds is 7. The first-order valence-electron chi connectivity index (χ1n) is 7.61. The molecule has 0 aromatic heterocycles. The van der Waals surface area contributed by atoms with Gasteiger partial charge in [0, 0.05) is 13.2 Å². The standard InChI is InChI=1S/C17H18F2N2O4S/c1-11(10-25-2)21-26(23,24)12-7-8-16(15(19)9-12)20-17(22)13-5-3-4-6-14(13)18/h3-9,11,21H,10H2,1-2H3,(H,20,22). The van der Waals surface area contributed by atoms with Crippen molar-refractivity contribution in [2.24, 2.45) is 0 Å². The van der Waals surface area contributed by atoms with E-state index in [9.17, 15) is 22.0 Å². The van der Waals surface area contributed by atoms with Gasteiger partial charge in [0.1, 0.15) is 11.6 Å². The molecule has 2 rings (SSSR count). The molecule has 26 heavy (non-hydrogen) atoms. The van der Waals surface area contributed by atoms with Crippen LogP contribution < -0.4 is 10.0 Å². The summed E-state index contributed by atoms with van der Waals surface area (Å²) >= 11 is 0. The topological polar surface area (TPSA) is 84.5 Å². The van der Waals surface area contributed by atoms with Crippen LogP contribution >= 0.6 is 0 Å². The summed E-state index contributed by atoms with van der Waals surface area (Å²) in [5.41, 5.74) is -0.513. The second kappa shape index (κ2) is 8.35. The smallest absolute Gasteiger partial charge is 0.258 e. The number of carbonyl (C=O) groups is 1. The van der Waals surface area contributed by atoms with E-state index in [4.69, 9.17) is 4.74 Å². The minimum Gasteiger partial charge on any atom is -0.383 e. The number of amides is 1. The second-order valence-corrected chi connectivity index (χ2v) is 7.27. The summed E-state index contributed by atoms with van der Waals surface area (Å²) in [6, 6.07) is 7.76. The molecular weight excluding hydrogens is 366 g/mol. The molecule has 1 amide bonds. The second-order valence-electron chi connectivity index (χ2n) is 5.55. The molecule has 140 valence electrons. The van der Waals surface area contributed by atoms with Crippen LogP contribution in [0.15, 0.2) is 47.4 Å². The number of benzene rings is 2. The summed E-state index contributed by atoms with van der Waals surface area (Å²) in [4.78, 5) is 11.7. The summed E-state index contributed by atoms with van der Waals surface area (Å²) in [7, 11) is -2.52. The van der Waals surface area contributed by atoms with Crippen LogP contribution in [0.3, 0.4) is 0 Å². The monoisotopic (exact) mass is 384 g/mol. The average molecular weight is 384 g/mol. The van der Waals surface area contributed by atoms with Gasteiger partial charge in [-0.2, -0.15) is 0 Å². The van der Waals surface area contributed by atoms with Crippen molar-refractivity contribution in [2.45, 2.75) is 17.9 Å². The molecule has 0 aliphatic heterocycles. The number of nitrogens with one attached hydrogen (secondary N) is 2. The van der Waals surface area contributed by atoms with Crippen LogP contribution in [-0.2, 0) is 14.8 Å². The summed E-state index contributed by atoms with van der Waals surface area (Å²) < 4.78 is 59.4. The van der Waals surface area contributed by atoms with Crippen LogP contribution in [0, 0.1) is 11.6 Å². The first-order chi connectivity index (χ1) is 12.2. The van der Waals surface area contributed by atoms with E-state index in [1.54, 1.807) is 6.92 Å². The van der Waals surface area contributed by atoms with Crippen molar-refractivity contribution >= 4 is 21.6 Å². The molecule has 0 saturated heterocycles. The van der Waals surface area contributed by atoms with E-state index in [1.807, 2.05) is 0 Å². The molecule has 1 unspecified atom stereocenters. The molecule has 0 saturated carbocycles. The van der Waals surface area contributed by atoms with Crippen LogP contribution in [-0.4, -0.2) is 34.1 Å². The largest absolute Gasteiger partial charge is 0.383 e. The van der Waals surface area contributed by atoms with Gasteiger partial charge in [-0.1, -0.05) is 12.1 Å². The highest BCUT2D eigenvalue weighted by Gasteiger charge is 2.20. The SMILES string of the molecule is COCC(C)NS(=O)(=O)c1ccc(NC(=O)c2ccccc2F)c(F)c1. The third-order valence-corrected chi connectivity index (χ3v) is 4.98. The van der Waals surface area contributed by atoms with Crippen molar-refractivity contribution in [3.63, 3.8) is 0 Å². The van der Waals surface area contributed by atoms with Gasteiger partial charge < -0.3 is 10.1 Å². The fourth-order valence-electron chi connectivity index (χ4n) is 2.22. The van der Waals surface area contributed by atoms with Gasteiger partial charge in [0.25, 0.3) is 5.91 Å². The summed E-state index contributed by atoms with van der Waals surface area (Å²) in [6.07, 6.45) is 0. The maximum Gasteiger partial charge on any atom is 0.258 e. The van der Waals surface area contributed by atoms with Crippen molar-refractivity contribution in [3.8, 4) is 0 Å². The Balaban J connectivity index is 2.19. The van der Waals surface area contributed by atoms with Crippen molar-refractivity contribution in [3.05, 3.63) is 59.7 Å². The summed E-state index contributed by atoms with van der Waals surface area (Å²) in [6.45, 7) is 1.75. The average Bonchev–Trinajstić information content (AvgIpc) is 2.56. The van der Waals surface area contributed by atoms with Crippen LogP contribution in [0.25, 0.3) is 0 Å². The van der Waals surface area contributed by atoms with Gasteiger partial charge in [0.05, 0.1) is 22.8 Å². The first kappa shape index (κ1) is 20.0. The van der Waals surface area contributed by atoms with Crippen molar-refractivity contribution in [1.29, 1.82) is 0 Å². The zero-order valence-electron chi connectivity index (χ0n) is 14.1. The third-order valence-electron chi connectivity index (χ3n) is 3.39. The van der Waals surface area contributed by atoms with E-state index in [0.717, 1.165) is 24.3 Å². The van der Waals surface area contributed by atoms with Crippen molar-refractivity contribution in [1.82, 2.24) is 4.72 Å². The number of carbonyl (C=O) groups excluding carboxylic acids is 1. The molecule has 9 heteroatoms. The Labute approximate surface area is 150 Å². The third kappa shape index (κ3) is 4.84. The van der Waals surface area contributed by atoms with E-state index < -0.39 is 33.6 Å². The quantitative estimate of drug-likeness (QED) is 0.768. The fourth-order valence-corrected chi connectivity index (χ4v) is 3.46. The van der Waals surface area contributed by atoms with Crippen molar-refractivity contribution in [2.75, 3.05) is 19.0 Å². The van der Waals surface area contributed by atoms with Crippen LogP contribution in [0.4, 0.5) is 14.5 Å². The molecule has 0 bridgehead atoms.